The Bertz CT molecular complexity index is 533. The summed E-state index contributed by atoms with van der Waals surface area (Å²) < 4.78 is 0. The van der Waals surface area contributed by atoms with Gasteiger partial charge in [-0.1, -0.05) is 35.9 Å². The molecule has 2 aromatic carbocycles. The first-order valence-electron chi connectivity index (χ1n) is 5.57. The van der Waals surface area contributed by atoms with Crippen LogP contribution in [-0.4, -0.2) is 10.9 Å². The maximum Gasteiger partial charge on any atom is 0.0903 e. The fourth-order valence-corrected chi connectivity index (χ4v) is 2.81. The number of aliphatic hydroxyl groups is 1. The monoisotopic (exact) mass is 279 g/mol. The highest BCUT2D eigenvalue weighted by Gasteiger charge is 2.10. The normalized spacial score (nSPS) is 12.3. The minimum atomic E-state index is -0.574. The number of aliphatic hydroxyl groups excluding tert-OH is 1. The molecule has 1 atom stereocenters. The fraction of sp³-hybridized carbons (Fsp3) is 0.143. The second-order valence-corrected chi connectivity index (χ2v) is 5.44. The summed E-state index contributed by atoms with van der Waals surface area (Å²) in [6.07, 6.45) is -0.574. The fourth-order valence-electron chi connectivity index (χ4n) is 1.64. The molecule has 0 aromatic heterocycles. The van der Waals surface area contributed by atoms with Crippen molar-refractivity contribution >= 4 is 29.1 Å². The van der Waals surface area contributed by atoms with Crippen molar-refractivity contribution in [2.45, 2.75) is 11.0 Å². The molecule has 3 N–H and O–H groups in total. The van der Waals surface area contributed by atoms with Crippen LogP contribution in [0.15, 0.2) is 53.4 Å². The van der Waals surface area contributed by atoms with Gasteiger partial charge in [0.25, 0.3) is 0 Å². The van der Waals surface area contributed by atoms with Crippen LogP contribution >= 0.6 is 23.4 Å². The molecule has 0 amide bonds. The second-order valence-electron chi connectivity index (χ2n) is 3.91. The van der Waals surface area contributed by atoms with E-state index in [1.165, 1.54) is 0 Å². The number of benzene rings is 2. The maximum atomic E-state index is 10.1. The Kier molecular flexibility index (Phi) is 4.53. The van der Waals surface area contributed by atoms with E-state index in [-0.39, 0.29) is 0 Å². The van der Waals surface area contributed by atoms with E-state index in [2.05, 4.69) is 0 Å². The van der Waals surface area contributed by atoms with Gasteiger partial charge in [-0.2, -0.15) is 0 Å². The van der Waals surface area contributed by atoms with E-state index in [4.69, 9.17) is 17.3 Å². The lowest BCUT2D eigenvalue weighted by Crippen LogP contribution is -2.04. The topological polar surface area (TPSA) is 46.2 Å². The van der Waals surface area contributed by atoms with Gasteiger partial charge in [-0.25, -0.2) is 0 Å². The quantitative estimate of drug-likeness (QED) is 0.662. The standard InChI is InChI=1S/C14H14ClNOS/c15-10-4-3-5-11(8-10)18-9-14(17)12-6-1-2-7-13(12)16/h1-8,14,17H,9,16H2. The van der Waals surface area contributed by atoms with Crippen LogP contribution in [0.3, 0.4) is 0 Å². The van der Waals surface area contributed by atoms with Crippen molar-refractivity contribution in [2.75, 3.05) is 11.5 Å². The molecule has 18 heavy (non-hydrogen) atoms. The number of hydrogen-bond acceptors (Lipinski definition) is 3. The molecular formula is C14H14ClNOS. The predicted molar refractivity (Wildman–Crippen MR) is 78.0 cm³/mol. The third kappa shape index (κ3) is 3.42. The van der Waals surface area contributed by atoms with E-state index in [1.54, 1.807) is 17.8 Å². The average molecular weight is 280 g/mol. The molecule has 0 saturated carbocycles. The highest BCUT2D eigenvalue weighted by molar-refractivity contribution is 7.99. The lowest BCUT2D eigenvalue weighted by Gasteiger charge is -2.13. The van der Waals surface area contributed by atoms with Gasteiger partial charge in [0.2, 0.25) is 0 Å². The number of anilines is 1. The van der Waals surface area contributed by atoms with Crippen LogP contribution in [0.4, 0.5) is 5.69 Å². The Morgan fingerprint density at radius 1 is 1.17 bits per heavy atom. The molecule has 0 fully saturated rings. The third-order valence-electron chi connectivity index (χ3n) is 2.56. The molecule has 0 bridgehead atoms. The van der Waals surface area contributed by atoms with Gasteiger partial charge in [-0.05, 0) is 24.3 Å². The minimum Gasteiger partial charge on any atom is -0.398 e. The number of nitrogen functional groups attached to an aromatic ring is 1. The Balaban J connectivity index is 2.00. The van der Waals surface area contributed by atoms with E-state index in [0.29, 0.717) is 16.5 Å². The molecule has 0 spiro atoms. The van der Waals surface area contributed by atoms with Gasteiger partial charge in [0.15, 0.2) is 0 Å². The smallest absolute Gasteiger partial charge is 0.0903 e. The lowest BCUT2D eigenvalue weighted by atomic mass is 10.1. The van der Waals surface area contributed by atoms with Gasteiger partial charge < -0.3 is 10.8 Å². The highest BCUT2D eigenvalue weighted by atomic mass is 35.5. The Labute approximate surface area is 116 Å². The van der Waals surface area contributed by atoms with Crippen molar-refractivity contribution in [3.05, 3.63) is 59.1 Å². The van der Waals surface area contributed by atoms with Crippen LogP contribution in [0, 0.1) is 0 Å². The first-order chi connectivity index (χ1) is 8.66. The van der Waals surface area contributed by atoms with Crippen LogP contribution in [0.5, 0.6) is 0 Å². The summed E-state index contributed by atoms with van der Waals surface area (Å²) >= 11 is 7.46. The average Bonchev–Trinajstić information content (AvgIpc) is 2.37. The molecule has 0 saturated heterocycles. The third-order valence-corrected chi connectivity index (χ3v) is 3.86. The molecule has 0 aliphatic rings. The zero-order valence-corrected chi connectivity index (χ0v) is 11.3. The van der Waals surface area contributed by atoms with Gasteiger partial charge in [0.05, 0.1) is 6.10 Å². The molecule has 0 aliphatic carbocycles. The molecule has 0 aliphatic heterocycles. The number of rotatable bonds is 4. The first kappa shape index (κ1) is 13.3. The van der Waals surface area contributed by atoms with Crippen LogP contribution in [0.2, 0.25) is 5.02 Å². The van der Waals surface area contributed by atoms with Crippen LogP contribution in [-0.2, 0) is 0 Å². The van der Waals surface area contributed by atoms with Gasteiger partial charge in [0.1, 0.15) is 0 Å². The Hall–Kier alpha value is -1.16. The van der Waals surface area contributed by atoms with E-state index in [0.717, 1.165) is 10.5 Å². The summed E-state index contributed by atoms with van der Waals surface area (Å²) in [6.45, 7) is 0. The molecule has 94 valence electrons. The molecule has 2 nitrogen and oxygen atoms in total. The number of halogens is 1. The molecular weight excluding hydrogens is 266 g/mol. The number of hydrogen-bond donors (Lipinski definition) is 2. The maximum absolute atomic E-state index is 10.1. The molecule has 0 heterocycles. The van der Waals surface area contributed by atoms with Gasteiger partial charge >= 0.3 is 0 Å². The molecule has 1 unspecified atom stereocenters. The van der Waals surface area contributed by atoms with Crippen molar-refractivity contribution in [1.29, 1.82) is 0 Å². The van der Waals surface area contributed by atoms with Crippen LogP contribution in [0.1, 0.15) is 11.7 Å². The predicted octanol–water partition coefficient (Wildman–Crippen LogP) is 3.75. The van der Waals surface area contributed by atoms with Gasteiger partial charge in [-0.15, -0.1) is 11.8 Å². The van der Waals surface area contributed by atoms with Crippen molar-refractivity contribution < 1.29 is 5.11 Å². The summed E-state index contributed by atoms with van der Waals surface area (Å²) in [4.78, 5) is 1.04. The van der Waals surface area contributed by atoms with E-state index in [1.807, 2.05) is 42.5 Å². The Morgan fingerprint density at radius 3 is 2.67 bits per heavy atom. The zero-order valence-electron chi connectivity index (χ0n) is 9.71. The van der Waals surface area contributed by atoms with Gasteiger partial charge in [-0.3, -0.25) is 0 Å². The van der Waals surface area contributed by atoms with Crippen molar-refractivity contribution in [2.24, 2.45) is 0 Å². The van der Waals surface area contributed by atoms with E-state index >= 15 is 0 Å². The van der Waals surface area contributed by atoms with Crippen LogP contribution < -0.4 is 5.73 Å². The lowest BCUT2D eigenvalue weighted by molar-refractivity contribution is 0.205. The summed E-state index contributed by atoms with van der Waals surface area (Å²) in [7, 11) is 0. The number of para-hydroxylation sites is 1. The SMILES string of the molecule is Nc1ccccc1C(O)CSc1cccc(Cl)c1. The second kappa shape index (κ2) is 6.14. The Morgan fingerprint density at radius 2 is 1.94 bits per heavy atom. The molecule has 2 aromatic rings. The molecule has 4 heteroatoms. The first-order valence-corrected chi connectivity index (χ1v) is 6.94. The van der Waals surface area contributed by atoms with Gasteiger partial charge in [0, 0.05) is 26.9 Å². The zero-order chi connectivity index (χ0) is 13.0. The van der Waals surface area contributed by atoms with E-state index in [9.17, 15) is 5.11 Å². The molecule has 0 radical (unpaired) electrons. The van der Waals surface area contributed by atoms with Crippen molar-refractivity contribution in [1.82, 2.24) is 0 Å². The van der Waals surface area contributed by atoms with Crippen LogP contribution in [0.25, 0.3) is 0 Å². The van der Waals surface area contributed by atoms with E-state index < -0.39 is 6.10 Å². The number of thioether (sulfide) groups is 1. The minimum absolute atomic E-state index is 0.550. The largest absolute Gasteiger partial charge is 0.398 e. The number of nitrogens with two attached hydrogens (primary N) is 1. The van der Waals surface area contributed by atoms with Crippen molar-refractivity contribution in [3.63, 3.8) is 0 Å². The summed E-state index contributed by atoms with van der Waals surface area (Å²) in [5.41, 5.74) is 7.22. The molecule has 2 rings (SSSR count). The highest BCUT2D eigenvalue weighted by Crippen LogP contribution is 2.28. The summed E-state index contributed by atoms with van der Waals surface area (Å²) in [5.74, 6) is 0.550. The summed E-state index contributed by atoms with van der Waals surface area (Å²) in [5, 5.41) is 10.8. The van der Waals surface area contributed by atoms with Crippen molar-refractivity contribution in [3.8, 4) is 0 Å². The summed E-state index contributed by atoms with van der Waals surface area (Å²) in [6, 6.07) is 15.0.